The normalized spacial score (nSPS) is 14.9. The number of aryl methyl sites for hydroxylation is 1. The van der Waals surface area contributed by atoms with E-state index in [1.807, 2.05) is 34.7 Å². The van der Waals surface area contributed by atoms with Crippen molar-refractivity contribution in [2.24, 2.45) is 0 Å². The van der Waals surface area contributed by atoms with Crippen molar-refractivity contribution in [1.29, 1.82) is 0 Å². The van der Waals surface area contributed by atoms with Crippen molar-refractivity contribution < 1.29 is 4.79 Å². The maximum atomic E-state index is 12.6. The number of hydrogen-bond acceptors (Lipinski definition) is 5. The van der Waals surface area contributed by atoms with Crippen molar-refractivity contribution in [2.75, 3.05) is 26.2 Å². The van der Waals surface area contributed by atoms with Gasteiger partial charge in [0.15, 0.2) is 0 Å². The van der Waals surface area contributed by atoms with Crippen LogP contribution in [0.25, 0.3) is 11.3 Å². The van der Waals surface area contributed by atoms with E-state index in [4.69, 9.17) is 0 Å². The number of thiazole rings is 1. The minimum atomic E-state index is 0.234. The Balaban J connectivity index is 1.23. The average Bonchev–Trinajstić information content (AvgIpc) is 3.23. The highest BCUT2D eigenvalue weighted by molar-refractivity contribution is 7.09. The quantitative estimate of drug-likeness (QED) is 0.644. The number of carbonyl (C=O) groups is 1. The summed E-state index contributed by atoms with van der Waals surface area (Å²) in [7, 11) is 0. The summed E-state index contributed by atoms with van der Waals surface area (Å²) < 4.78 is 0. The molecule has 0 N–H and O–H groups in total. The van der Waals surface area contributed by atoms with E-state index in [1.54, 1.807) is 17.5 Å². The van der Waals surface area contributed by atoms with E-state index >= 15 is 0 Å². The number of benzene rings is 1. The second kappa shape index (κ2) is 9.08. The summed E-state index contributed by atoms with van der Waals surface area (Å²) in [6.45, 7) is 4.44. The smallest absolute Gasteiger partial charge is 0.223 e. The molecule has 144 valence electrons. The fourth-order valence-corrected chi connectivity index (χ4v) is 4.25. The highest BCUT2D eigenvalue weighted by Gasteiger charge is 2.21. The highest BCUT2D eigenvalue weighted by atomic mass is 32.1. The third-order valence-electron chi connectivity index (χ3n) is 5.04. The molecule has 3 heterocycles. The van der Waals surface area contributed by atoms with Gasteiger partial charge in [0.2, 0.25) is 5.91 Å². The van der Waals surface area contributed by atoms with E-state index in [9.17, 15) is 4.79 Å². The van der Waals surface area contributed by atoms with Gasteiger partial charge in [-0.2, -0.15) is 0 Å². The first-order chi connectivity index (χ1) is 13.8. The Morgan fingerprint density at radius 1 is 1.04 bits per heavy atom. The molecule has 28 heavy (non-hydrogen) atoms. The van der Waals surface area contributed by atoms with E-state index in [0.717, 1.165) is 49.0 Å². The summed E-state index contributed by atoms with van der Waals surface area (Å²) >= 11 is 1.62. The summed E-state index contributed by atoms with van der Waals surface area (Å²) in [5, 5.41) is 3.05. The van der Waals surface area contributed by atoms with Gasteiger partial charge in [0.05, 0.1) is 10.7 Å². The molecule has 2 aromatic heterocycles. The van der Waals surface area contributed by atoms with Crippen molar-refractivity contribution in [1.82, 2.24) is 19.8 Å². The summed E-state index contributed by atoms with van der Waals surface area (Å²) in [5.41, 5.74) is 3.29. The Morgan fingerprint density at radius 2 is 1.86 bits per heavy atom. The Bertz CT molecular complexity index is 889. The van der Waals surface area contributed by atoms with Crippen LogP contribution in [-0.2, 0) is 17.8 Å². The summed E-state index contributed by atoms with van der Waals surface area (Å²) in [4.78, 5) is 25.8. The molecule has 4 rings (SSSR count). The molecule has 1 aromatic carbocycles. The number of nitrogens with zero attached hydrogens (tertiary/aromatic N) is 4. The Hall–Kier alpha value is -2.57. The zero-order chi connectivity index (χ0) is 19.2. The molecular formula is C22H24N4OS. The van der Waals surface area contributed by atoms with Crippen LogP contribution in [0.4, 0.5) is 0 Å². The number of piperazine rings is 1. The molecule has 0 spiro atoms. The summed E-state index contributed by atoms with van der Waals surface area (Å²) in [6, 6.07) is 14.4. The average molecular weight is 393 g/mol. The largest absolute Gasteiger partial charge is 0.340 e. The van der Waals surface area contributed by atoms with Crippen LogP contribution in [0.3, 0.4) is 0 Å². The van der Waals surface area contributed by atoms with E-state index in [1.165, 1.54) is 5.56 Å². The number of rotatable bonds is 6. The van der Waals surface area contributed by atoms with Crippen molar-refractivity contribution in [3.05, 3.63) is 70.8 Å². The maximum Gasteiger partial charge on any atom is 0.223 e. The van der Waals surface area contributed by atoms with E-state index in [-0.39, 0.29) is 5.91 Å². The predicted molar refractivity (Wildman–Crippen MR) is 112 cm³/mol. The monoisotopic (exact) mass is 392 g/mol. The second-order valence-electron chi connectivity index (χ2n) is 7.01. The molecule has 1 aliphatic rings. The Labute approximate surface area is 169 Å². The van der Waals surface area contributed by atoms with E-state index in [0.29, 0.717) is 12.8 Å². The van der Waals surface area contributed by atoms with Gasteiger partial charge < -0.3 is 4.90 Å². The third-order valence-corrected chi connectivity index (χ3v) is 5.94. The van der Waals surface area contributed by atoms with Gasteiger partial charge in [0.1, 0.15) is 0 Å². The summed E-state index contributed by atoms with van der Waals surface area (Å²) in [5.74, 6) is 0.234. The van der Waals surface area contributed by atoms with Crippen LogP contribution in [0.2, 0.25) is 0 Å². The third kappa shape index (κ3) is 4.82. The first-order valence-corrected chi connectivity index (χ1v) is 10.5. The molecule has 0 bridgehead atoms. The van der Waals surface area contributed by atoms with Crippen LogP contribution < -0.4 is 0 Å². The summed E-state index contributed by atoms with van der Waals surface area (Å²) in [6.07, 6.45) is 4.81. The first-order valence-electron chi connectivity index (χ1n) is 9.67. The van der Waals surface area contributed by atoms with Crippen molar-refractivity contribution in [3.63, 3.8) is 0 Å². The standard InChI is InChI=1S/C22H24N4OS/c27-22(9-8-21-24-20(17-28-21)19-7-4-10-23-15-19)26-13-11-25(12-14-26)16-18-5-2-1-3-6-18/h1-7,10,15,17H,8-9,11-14,16H2. The van der Waals surface area contributed by atoms with E-state index in [2.05, 4.69) is 39.1 Å². The molecule has 0 atom stereocenters. The zero-order valence-corrected chi connectivity index (χ0v) is 16.6. The number of carbonyl (C=O) groups excluding carboxylic acids is 1. The molecule has 1 aliphatic heterocycles. The topological polar surface area (TPSA) is 49.3 Å². The van der Waals surface area contributed by atoms with Crippen LogP contribution in [0.1, 0.15) is 17.0 Å². The molecule has 0 saturated carbocycles. The Kier molecular flexibility index (Phi) is 6.09. The molecule has 6 heteroatoms. The van der Waals surface area contributed by atoms with Crippen LogP contribution in [0.5, 0.6) is 0 Å². The van der Waals surface area contributed by atoms with Crippen molar-refractivity contribution in [2.45, 2.75) is 19.4 Å². The van der Waals surface area contributed by atoms with Gasteiger partial charge in [0, 0.05) is 68.9 Å². The van der Waals surface area contributed by atoms with Crippen LogP contribution in [0.15, 0.2) is 60.2 Å². The lowest BCUT2D eigenvalue weighted by Gasteiger charge is -2.34. The zero-order valence-electron chi connectivity index (χ0n) is 15.8. The minimum Gasteiger partial charge on any atom is -0.340 e. The number of hydrogen-bond donors (Lipinski definition) is 0. The molecule has 0 unspecified atom stereocenters. The fraction of sp³-hybridized carbons (Fsp3) is 0.318. The lowest BCUT2D eigenvalue weighted by Crippen LogP contribution is -2.48. The predicted octanol–water partition coefficient (Wildman–Crippen LogP) is 3.48. The van der Waals surface area contributed by atoms with Gasteiger partial charge in [0.25, 0.3) is 0 Å². The van der Waals surface area contributed by atoms with Crippen molar-refractivity contribution >= 4 is 17.2 Å². The highest BCUT2D eigenvalue weighted by Crippen LogP contribution is 2.22. The SMILES string of the molecule is O=C(CCc1nc(-c2cccnc2)cs1)N1CCN(Cc2ccccc2)CC1. The number of amides is 1. The minimum absolute atomic E-state index is 0.234. The van der Waals surface area contributed by atoms with Gasteiger partial charge >= 0.3 is 0 Å². The van der Waals surface area contributed by atoms with Crippen LogP contribution in [-0.4, -0.2) is 51.9 Å². The molecular weight excluding hydrogens is 368 g/mol. The molecule has 3 aromatic rings. The van der Waals surface area contributed by atoms with Gasteiger partial charge in [-0.1, -0.05) is 30.3 Å². The van der Waals surface area contributed by atoms with Gasteiger partial charge in [-0.05, 0) is 17.7 Å². The fourth-order valence-electron chi connectivity index (χ4n) is 3.44. The molecule has 0 aliphatic carbocycles. The lowest BCUT2D eigenvalue weighted by molar-refractivity contribution is -0.133. The maximum absolute atomic E-state index is 12.6. The first kappa shape index (κ1) is 18.8. The van der Waals surface area contributed by atoms with E-state index < -0.39 is 0 Å². The molecule has 1 fully saturated rings. The van der Waals surface area contributed by atoms with Crippen LogP contribution >= 0.6 is 11.3 Å². The van der Waals surface area contributed by atoms with Crippen molar-refractivity contribution in [3.8, 4) is 11.3 Å². The number of aromatic nitrogens is 2. The molecule has 1 saturated heterocycles. The molecule has 5 nitrogen and oxygen atoms in total. The van der Waals surface area contributed by atoms with Crippen LogP contribution in [0, 0.1) is 0 Å². The van der Waals surface area contributed by atoms with Gasteiger partial charge in [-0.15, -0.1) is 11.3 Å². The number of pyridine rings is 1. The molecule has 0 radical (unpaired) electrons. The second-order valence-corrected chi connectivity index (χ2v) is 7.95. The lowest BCUT2D eigenvalue weighted by atomic mass is 10.2. The Morgan fingerprint density at radius 3 is 2.61 bits per heavy atom. The molecule has 1 amide bonds. The van der Waals surface area contributed by atoms with Gasteiger partial charge in [-0.3, -0.25) is 14.7 Å². The van der Waals surface area contributed by atoms with Gasteiger partial charge in [-0.25, -0.2) is 4.98 Å².